The Bertz CT molecular complexity index is 2330. The van der Waals surface area contributed by atoms with Gasteiger partial charge in [0.15, 0.2) is 6.67 Å². The minimum absolute atomic E-state index is 0.0206. The fraction of sp³-hybridized carbons (Fsp3) is 0.318. The van der Waals surface area contributed by atoms with Crippen LogP contribution < -0.4 is 9.47 Å². The van der Waals surface area contributed by atoms with Gasteiger partial charge in [-0.3, -0.25) is 0 Å². The number of ether oxygens (including phenoxy) is 2. The molecule has 0 amide bonds. The summed E-state index contributed by atoms with van der Waals surface area (Å²) in [5, 5.41) is 0. The molecule has 6 rings (SSSR count). The smallest absolute Gasteiger partial charge is 0.342 e. The maximum absolute atomic E-state index is 16.9. The Morgan fingerprint density at radius 1 is 0.536 bits per heavy atom. The lowest BCUT2D eigenvalue weighted by atomic mass is 9.86. The maximum atomic E-state index is 16.9. The van der Waals surface area contributed by atoms with E-state index in [0.29, 0.717) is 37.3 Å². The lowest BCUT2D eigenvalue weighted by Gasteiger charge is -2.29. The zero-order valence-corrected chi connectivity index (χ0v) is 35.5. The number of hydrogen-bond acceptors (Lipinski definition) is 6. The van der Waals surface area contributed by atoms with Crippen LogP contribution in [0.25, 0.3) is 51.5 Å². The molecule has 0 atom stereocenters. The van der Waals surface area contributed by atoms with Crippen molar-refractivity contribution in [3.63, 3.8) is 0 Å². The third kappa shape index (κ3) is 8.12. The highest BCUT2D eigenvalue weighted by atomic mass is 32.1. The molecule has 4 heterocycles. The average Bonchev–Trinajstić information content (AvgIpc) is 3.99. The van der Waals surface area contributed by atoms with E-state index in [-0.39, 0.29) is 26.8 Å². The van der Waals surface area contributed by atoms with Gasteiger partial charge in [0.05, 0.1) is 14.2 Å². The number of hydrogen-bond donors (Lipinski definition) is 0. The first-order valence-electron chi connectivity index (χ1n) is 17.7. The quantitative estimate of drug-likeness (QED) is 0.114. The van der Waals surface area contributed by atoms with Crippen LogP contribution in [-0.4, -0.2) is 39.4 Å². The van der Waals surface area contributed by atoms with Crippen LogP contribution in [-0.2, 0) is 10.8 Å². The monoisotopic (exact) mass is 844 g/mol. The van der Waals surface area contributed by atoms with Gasteiger partial charge in [-0.25, -0.2) is 8.78 Å². The summed E-state index contributed by atoms with van der Waals surface area (Å²) in [7, 11) is 2.99. The van der Waals surface area contributed by atoms with Crippen LogP contribution in [0.3, 0.4) is 0 Å². The minimum atomic E-state index is -5.17. The summed E-state index contributed by atoms with van der Waals surface area (Å²) < 4.78 is 106. The van der Waals surface area contributed by atoms with E-state index in [9.17, 15) is 4.39 Å². The Labute approximate surface area is 340 Å². The number of halogens is 6. The van der Waals surface area contributed by atoms with Gasteiger partial charge in [0, 0.05) is 61.3 Å². The summed E-state index contributed by atoms with van der Waals surface area (Å²) >= 11 is 5.36. The predicted molar refractivity (Wildman–Crippen MR) is 225 cm³/mol. The molecule has 0 aliphatic heterocycles. The molecule has 56 heavy (non-hydrogen) atoms. The van der Waals surface area contributed by atoms with Crippen molar-refractivity contribution in [1.82, 2.24) is 0 Å². The van der Waals surface area contributed by atoms with Crippen LogP contribution in [0.15, 0.2) is 84.9 Å². The summed E-state index contributed by atoms with van der Waals surface area (Å²) in [4.78, 5) is 5.41. The zero-order chi connectivity index (χ0) is 40.8. The lowest BCUT2D eigenvalue weighted by Crippen LogP contribution is -2.43. The molecule has 2 aromatic carbocycles. The van der Waals surface area contributed by atoms with E-state index in [1.165, 1.54) is 54.3 Å². The van der Waals surface area contributed by atoms with Gasteiger partial charge in [-0.2, -0.15) is 17.6 Å². The van der Waals surface area contributed by atoms with Gasteiger partial charge in [0.25, 0.3) is 0 Å². The standard InChI is InChI=1S/C44H42F6O2S4/c1-41(2,3)36-19-17-32(53-36)34-21-29(39(55-34)25-9-13-27(51-7)14-10-25)31(23-45)38(44(49,50)43(47,48)24-46)30-22-35(33-18-20-37(54-33)42(4,5)6)56-40(30)26-11-15-28(52-8)16-12-26/h9-22H,23-24H2,1-8H3/b38-31+. The normalized spacial score (nSPS) is 13.2. The Hall–Kier alpha value is -3.84. The maximum Gasteiger partial charge on any atom is 0.342 e. The lowest BCUT2D eigenvalue weighted by molar-refractivity contribution is -0.180. The second-order valence-electron chi connectivity index (χ2n) is 15.4. The Morgan fingerprint density at radius 3 is 1.30 bits per heavy atom. The molecule has 296 valence electrons. The Kier molecular flexibility index (Phi) is 11.8. The largest absolute Gasteiger partial charge is 0.497 e. The molecular weight excluding hydrogens is 803 g/mol. The van der Waals surface area contributed by atoms with E-state index in [1.54, 1.807) is 54.6 Å². The Balaban J connectivity index is 1.71. The number of methoxy groups -OCH3 is 2. The van der Waals surface area contributed by atoms with Gasteiger partial charge in [0.2, 0.25) is 0 Å². The van der Waals surface area contributed by atoms with Crippen molar-refractivity contribution in [1.29, 1.82) is 0 Å². The van der Waals surface area contributed by atoms with Crippen LogP contribution in [0.5, 0.6) is 11.5 Å². The first-order chi connectivity index (χ1) is 26.3. The highest BCUT2D eigenvalue weighted by molar-refractivity contribution is 7.24. The topological polar surface area (TPSA) is 18.5 Å². The van der Waals surface area contributed by atoms with Crippen molar-refractivity contribution >= 4 is 56.5 Å². The van der Waals surface area contributed by atoms with Crippen molar-refractivity contribution < 1.29 is 35.8 Å². The van der Waals surface area contributed by atoms with Crippen molar-refractivity contribution in [3.05, 3.63) is 106 Å². The van der Waals surface area contributed by atoms with Gasteiger partial charge in [-0.1, -0.05) is 41.5 Å². The molecule has 0 N–H and O–H groups in total. The van der Waals surface area contributed by atoms with E-state index < -0.39 is 36.3 Å². The van der Waals surface area contributed by atoms with Crippen LogP contribution in [0, 0.1) is 0 Å². The Morgan fingerprint density at radius 2 is 0.946 bits per heavy atom. The number of allylic oxidation sites excluding steroid dienone is 2. The third-order valence-electron chi connectivity index (χ3n) is 9.32. The molecule has 0 saturated carbocycles. The van der Waals surface area contributed by atoms with Crippen molar-refractivity contribution in [2.24, 2.45) is 0 Å². The molecule has 0 radical (unpaired) electrons. The molecule has 12 heteroatoms. The number of benzene rings is 2. The molecule has 0 bridgehead atoms. The fourth-order valence-corrected chi connectivity index (χ4v) is 10.8. The van der Waals surface area contributed by atoms with E-state index in [1.807, 2.05) is 24.3 Å². The second-order valence-corrected chi connectivity index (χ2v) is 19.7. The zero-order valence-electron chi connectivity index (χ0n) is 32.2. The first kappa shape index (κ1) is 41.8. The summed E-state index contributed by atoms with van der Waals surface area (Å²) in [5.41, 5.74) is -1.61. The van der Waals surface area contributed by atoms with Crippen LogP contribution in [0.1, 0.15) is 62.4 Å². The highest BCUT2D eigenvalue weighted by Gasteiger charge is 2.60. The van der Waals surface area contributed by atoms with E-state index in [2.05, 4.69) is 41.5 Å². The van der Waals surface area contributed by atoms with Crippen molar-refractivity contribution in [2.75, 3.05) is 27.6 Å². The van der Waals surface area contributed by atoms with Gasteiger partial charge in [-0.15, -0.1) is 45.3 Å². The third-order valence-corrected chi connectivity index (χ3v) is 15.1. The van der Waals surface area contributed by atoms with Crippen molar-refractivity contribution in [3.8, 4) is 51.9 Å². The molecule has 0 fully saturated rings. The molecule has 6 aromatic rings. The number of alkyl halides is 6. The van der Waals surface area contributed by atoms with Gasteiger partial charge in [0.1, 0.15) is 18.2 Å². The molecule has 0 aliphatic rings. The SMILES string of the molecule is COc1ccc(-c2sc(-c3ccc(C(C)(C)C)s3)cc2/C(CF)=C(\c2cc(-c3ccc(C(C)(C)C)s3)sc2-c2ccc(OC)cc2)C(F)(F)C(F)(F)CF)cc1. The molecule has 0 aliphatic carbocycles. The van der Waals surface area contributed by atoms with Gasteiger partial charge >= 0.3 is 11.8 Å². The molecule has 4 aromatic heterocycles. The van der Waals surface area contributed by atoms with E-state index >= 15 is 22.0 Å². The highest BCUT2D eigenvalue weighted by Crippen LogP contribution is 2.55. The summed E-state index contributed by atoms with van der Waals surface area (Å²) in [6.07, 6.45) is 0. The molecule has 0 saturated heterocycles. The number of thiophene rings is 4. The van der Waals surface area contributed by atoms with Crippen LogP contribution >= 0.6 is 45.3 Å². The van der Waals surface area contributed by atoms with Gasteiger partial charge < -0.3 is 9.47 Å². The molecule has 0 unspecified atom stereocenters. The minimum Gasteiger partial charge on any atom is -0.497 e. The van der Waals surface area contributed by atoms with Crippen LogP contribution in [0.2, 0.25) is 0 Å². The summed E-state index contributed by atoms with van der Waals surface area (Å²) in [6, 6.07) is 24.1. The fourth-order valence-electron chi connectivity index (χ4n) is 6.16. The summed E-state index contributed by atoms with van der Waals surface area (Å²) in [5.74, 6) is -9.28. The molecular formula is C44H42F6O2S4. The molecule has 0 spiro atoms. The van der Waals surface area contributed by atoms with E-state index in [0.717, 1.165) is 30.8 Å². The van der Waals surface area contributed by atoms with Gasteiger partial charge in [-0.05, 0) is 107 Å². The second kappa shape index (κ2) is 15.8. The average molecular weight is 845 g/mol. The van der Waals surface area contributed by atoms with Crippen molar-refractivity contribution in [2.45, 2.75) is 64.2 Å². The molecule has 2 nitrogen and oxygen atoms in total. The summed E-state index contributed by atoms with van der Waals surface area (Å²) in [6.45, 7) is 8.19. The van der Waals surface area contributed by atoms with E-state index in [4.69, 9.17) is 9.47 Å². The predicted octanol–water partition coefficient (Wildman–Crippen LogP) is 15.3. The number of rotatable bonds is 12. The first-order valence-corrected chi connectivity index (χ1v) is 21.0. The van der Waals surface area contributed by atoms with Crippen LogP contribution in [0.4, 0.5) is 26.3 Å².